The van der Waals surface area contributed by atoms with E-state index >= 15 is 0 Å². The molecule has 1 amide bonds. The molecule has 1 aromatic carbocycles. The normalized spacial score (nSPS) is 14.7. The molecule has 1 saturated heterocycles. The Morgan fingerprint density at radius 1 is 1.19 bits per heavy atom. The van der Waals surface area contributed by atoms with Crippen molar-refractivity contribution in [1.82, 2.24) is 19.6 Å². The van der Waals surface area contributed by atoms with Crippen LogP contribution >= 0.6 is 0 Å². The summed E-state index contributed by atoms with van der Waals surface area (Å²) in [5.74, 6) is 0.462. The van der Waals surface area contributed by atoms with E-state index in [-0.39, 0.29) is 17.9 Å². The Labute approximate surface area is 153 Å². The molecule has 0 spiro atoms. The molecule has 2 aromatic heterocycles. The quantitative estimate of drug-likeness (QED) is 0.702. The highest BCUT2D eigenvalue weighted by Crippen LogP contribution is 2.19. The fourth-order valence-electron chi connectivity index (χ4n) is 3.23. The van der Waals surface area contributed by atoms with Crippen molar-refractivity contribution in [1.29, 1.82) is 0 Å². The number of hydrogen-bond donors (Lipinski definition) is 1. The number of piperazine rings is 1. The van der Waals surface area contributed by atoms with Crippen molar-refractivity contribution in [2.24, 2.45) is 7.05 Å². The van der Waals surface area contributed by atoms with Gasteiger partial charge in [-0.05, 0) is 12.1 Å². The van der Waals surface area contributed by atoms with Crippen molar-refractivity contribution in [2.75, 3.05) is 31.1 Å². The number of benzene rings is 1. The Balaban J connectivity index is 1.42. The van der Waals surface area contributed by atoms with Crippen LogP contribution in [-0.2, 0) is 18.3 Å². The zero-order valence-corrected chi connectivity index (χ0v) is 14.8. The van der Waals surface area contributed by atoms with Gasteiger partial charge < -0.3 is 14.3 Å². The van der Waals surface area contributed by atoms with Gasteiger partial charge in [0.15, 0.2) is 5.58 Å². The van der Waals surface area contributed by atoms with E-state index in [2.05, 4.69) is 10.1 Å². The summed E-state index contributed by atoms with van der Waals surface area (Å²) in [6.07, 6.45) is 0.180. The van der Waals surface area contributed by atoms with Crippen molar-refractivity contribution in [2.45, 2.75) is 6.42 Å². The minimum Gasteiger partial charge on any atom is -0.356 e. The van der Waals surface area contributed by atoms with Crippen LogP contribution in [0.25, 0.3) is 11.0 Å². The lowest BCUT2D eigenvalue weighted by Crippen LogP contribution is -2.50. The van der Waals surface area contributed by atoms with Crippen LogP contribution in [0.4, 0.5) is 5.82 Å². The molecule has 9 nitrogen and oxygen atoms in total. The second-order valence-electron chi connectivity index (χ2n) is 6.53. The average molecular weight is 369 g/mol. The van der Waals surface area contributed by atoms with Crippen LogP contribution in [-0.4, -0.2) is 51.7 Å². The molecule has 1 fully saturated rings. The summed E-state index contributed by atoms with van der Waals surface area (Å²) in [7, 11) is 1.43. The Morgan fingerprint density at radius 2 is 1.93 bits per heavy atom. The van der Waals surface area contributed by atoms with Crippen LogP contribution in [0.1, 0.15) is 5.69 Å². The monoisotopic (exact) mass is 369 g/mol. The smallest absolute Gasteiger partial charge is 0.329 e. The number of rotatable bonds is 3. The molecule has 3 heterocycles. The predicted molar refractivity (Wildman–Crippen MR) is 98.8 cm³/mol. The zero-order valence-electron chi connectivity index (χ0n) is 14.8. The van der Waals surface area contributed by atoms with Gasteiger partial charge in [0.2, 0.25) is 5.91 Å². The molecule has 1 N–H and O–H groups in total. The number of aromatic nitrogens is 3. The average Bonchev–Trinajstić information content (AvgIpc) is 3.09. The van der Waals surface area contributed by atoms with E-state index in [0.29, 0.717) is 43.3 Å². The van der Waals surface area contributed by atoms with Gasteiger partial charge in [0, 0.05) is 44.7 Å². The van der Waals surface area contributed by atoms with E-state index in [1.807, 2.05) is 29.2 Å². The standard InChI is InChI=1S/C18H19N5O4/c1-21-16(24)11-15(19-18(21)26)22-6-8-23(9-7-22)17(25)10-13-12-4-2-3-5-14(12)27-20-13/h2-5,11H,6-10H2,1H3,(H,19,26). The number of hydrogen-bond acceptors (Lipinski definition) is 6. The van der Waals surface area contributed by atoms with Gasteiger partial charge in [-0.1, -0.05) is 17.3 Å². The highest BCUT2D eigenvalue weighted by atomic mass is 16.5. The summed E-state index contributed by atoms with van der Waals surface area (Å²) in [5.41, 5.74) is 0.493. The van der Waals surface area contributed by atoms with Gasteiger partial charge in [-0.25, -0.2) is 4.79 Å². The van der Waals surface area contributed by atoms with Gasteiger partial charge in [0.1, 0.15) is 11.5 Å². The second kappa shape index (κ2) is 6.75. The molecule has 1 aliphatic heterocycles. The van der Waals surface area contributed by atoms with Crippen molar-refractivity contribution in [3.05, 3.63) is 56.9 Å². The molecular formula is C18H19N5O4. The van der Waals surface area contributed by atoms with E-state index in [4.69, 9.17) is 4.52 Å². The van der Waals surface area contributed by atoms with Crippen LogP contribution in [0.15, 0.2) is 44.4 Å². The Morgan fingerprint density at radius 3 is 2.67 bits per heavy atom. The molecule has 0 aliphatic carbocycles. The first-order chi connectivity index (χ1) is 13.0. The number of para-hydroxylation sites is 1. The van der Waals surface area contributed by atoms with Crippen molar-refractivity contribution in [3.8, 4) is 0 Å². The molecule has 140 valence electrons. The fraction of sp³-hybridized carbons (Fsp3) is 0.333. The molecule has 0 radical (unpaired) electrons. The van der Waals surface area contributed by atoms with E-state index in [1.54, 1.807) is 4.90 Å². The lowest BCUT2D eigenvalue weighted by molar-refractivity contribution is -0.130. The molecule has 27 heavy (non-hydrogen) atoms. The van der Waals surface area contributed by atoms with Gasteiger partial charge >= 0.3 is 5.69 Å². The van der Waals surface area contributed by atoms with Gasteiger partial charge in [-0.3, -0.25) is 19.1 Å². The number of amides is 1. The number of nitrogens with one attached hydrogen (secondary N) is 1. The Bertz CT molecular complexity index is 1070. The first kappa shape index (κ1) is 17.1. The molecule has 9 heteroatoms. The van der Waals surface area contributed by atoms with Crippen LogP contribution in [0.2, 0.25) is 0 Å². The van der Waals surface area contributed by atoms with E-state index in [9.17, 15) is 14.4 Å². The number of aromatic amines is 1. The maximum Gasteiger partial charge on any atom is 0.329 e. The lowest BCUT2D eigenvalue weighted by Gasteiger charge is -2.35. The molecule has 0 saturated carbocycles. The van der Waals surface area contributed by atoms with Gasteiger partial charge in [0.25, 0.3) is 5.56 Å². The summed E-state index contributed by atoms with van der Waals surface area (Å²) < 4.78 is 6.27. The minimum atomic E-state index is -0.450. The summed E-state index contributed by atoms with van der Waals surface area (Å²) >= 11 is 0. The highest BCUT2D eigenvalue weighted by Gasteiger charge is 2.23. The van der Waals surface area contributed by atoms with Crippen LogP contribution in [0, 0.1) is 0 Å². The van der Waals surface area contributed by atoms with E-state index in [1.165, 1.54) is 13.1 Å². The Hall–Kier alpha value is -3.36. The van der Waals surface area contributed by atoms with Gasteiger partial charge in [-0.2, -0.15) is 0 Å². The molecule has 0 atom stereocenters. The van der Waals surface area contributed by atoms with Crippen LogP contribution < -0.4 is 16.1 Å². The maximum atomic E-state index is 12.6. The van der Waals surface area contributed by atoms with Gasteiger partial charge in [0.05, 0.1) is 6.42 Å². The van der Waals surface area contributed by atoms with Crippen LogP contribution in [0.3, 0.4) is 0 Å². The zero-order chi connectivity index (χ0) is 19.0. The largest absolute Gasteiger partial charge is 0.356 e. The van der Waals surface area contributed by atoms with Gasteiger partial charge in [-0.15, -0.1) is 0 Å². The number of fused-ring (bicyclic) bond motifs is 1. The van der Waals surface area contributed by atoms with Crippen LogP contribution in [0.5, 0.6) is 0 Å². The van der Waals surface area contributed by atoms with Crippen molar-refractivity contribution < 1.29 is 9.32 Å². The third kappa shape index (κ3) is 3.23. The number of carbonyl (C=O) groups is 1. The van der Waals surface area contributed by atoms with E-state index in [0.717, 1.165) is 9.95 Å². The highest BCUT2D eigenvalue weighted by molar-refractivity contribution is 5.86. The lowest BCUT2D eigenvalue weighted by atomic mass is 10.1. The topological polar surface area (TPSA) is 104 Å². The number of nitrogens with zero attached hydrogens (tertiary/aromatic N) is 4. The number of carbonyl (C=O) groups excluding carboxylic acids is 1. The summed E-state index contributed by atoms with van der Waals surface area (Å²) in [6.45, 7) is 2.08. The predicted octanol–water partition coefficient (Wildman–Crippen LogP) is 0.106. The molecular weight excluding hydrogens is 350 g/mol. The number of anilines is 1. The summed E-state index contributed by atoms with van der Waals surface area (Å²) in [5, 5.41) is 4.86. The second-order valence-corrected chi connectivity index (χ2v) is 6.53. The maximum absolute atomic E-state index is 12.6. The molecule has 0 bridgehead atoms. The molecule has 1 aliphatic rings. The minimum absolute atomic E-state index is 0.0221. The first-order valence-electron chi connectivity index (χ1n) is 8.69. The molecule has 3 aromatic rings. The summed E-state index contributed by atoms with van der Waals surface area (Å²) in [6, 6.07) is 8.86. The first-order valence-corrected chi connectivity index (χ1v) is 8.69. The SMILES string of the molecule is Cn1c(=O)cc(N2CCN(C(=O)Cc3noc4ccccc34)CC2)[nH]c1=O. The van der Waals surface area contributed by atoms with Crippen molar-refractivity contribution >= 4 is 22.7 Å². The van der Waals surface area contributed by atoms with E-state index < -0.39 is 5.69 Å². The number of H-pyrrole nitrogens is 1. The molecule has 4 rings (SSSR count). The fourth-order valence-corrected chi connectivity index (χ4v) is 3.23. The summed E-state index contributed by atoms with van der Waals surface area (Å²) in [4.78, 5) is 42.5. The molecule has 0 unspecified atom stereocenters. The third-order valence-electron chi connectivity index (χ3n) is 4.87. The third-order valence-corrected chi connectivity index (χ3v) is 4.87. The van der Waals surface area contributed by atoms with Crippen molar-refractivity contribution in [3.63, 3.8) is 0 Å². The Kier molecular flexibility index (Phi) is 4.27.